The molecule has 0 bridgehead atoms. The first-order valence-corrected chi connectivity index (χ1v) is 15.8. The van der Waals surface area contributed by atoms with E-state index in [1.165, 1.54) is 0 Å². The Balaban J connectivity index is 1.98. The summed E-state index contributed by atoms with van der Waals surface area (Å²) in [5, 5.41) is 7.85. The average Bonchev–Trinajstić information content (AvgIpc) is 2.95. The van der Waals surface area contributed by atoms with E-state index in [1.807, 2.05) is 91.5 Å². The fraction of sp³-hybridized carbons (Fsp3) is 0.571. The Bertz CT molecular complexity index is 1180. The lowest BCUT2D eigenvalue weighted by Gasteiger charge is -2.32. The van der Waals surface area contributed by atoms with E-state index in [9.17, 15) is 9.59 Å². The first kappa shape index (κ1) is 36.4. The number of carbonyl (C=O) groups is 2. The molecule has 0 saturated carbocycles. The summed E-state index contributed by atoms with van der Waals surface area (Å²) in [5.41, 5.74) is 1.13. The highest BCUT2D eigenvalue weighted by Gasteiger charge is 2.26. The van der Waals surface area contributed by atoms with Crippen LogP contribution in [-0.4, -0.2) is 78.1 Å². The molecule has 0 radical (unpaired) electrons. The minimum Gasteiger partial charge on any atom is -0.494 e. The maximum atomic E-state index is 13.6. The normalized spacial score (nSPS) is 11.2. The molecular weight excluding hydrogens is 558 g/mol. The molecular formula is C35H53N3O6. The van der Waals surface area contributed by atoms with E-state index >= 15 is 0 Å². The standard InChI is InChI=1S/C35H53N3O6/c1-10-41-34(36)28-14-16-29(17-15-28)42-20-12-11-13-21-43-30-18-19-31(35(40)38(26(6)7)27(8)9)32(22-30)44-23-33(39)37(24(2)3)25(4)5/h14-19,22,24-27,36H,10-13,20-21,23H2,1-9H3. The molecule has 0 fully saturated rings. The molecule has 244 valence electrons. The molecule has 9 nitrogen and oxygen atoms in total. The summed E-state index contributed by atoms with van der Waals surface area (Å²) in [6, 6.07) is 12.6. The molecule has 2 rings (SSSR count). The molecule has 0 aliphatic carbocycles. The molecule has 9 heteroatoms. The third-order valence-corrected chi connectivity index (χ3v) is 7.01. The zero-order valence-corrected chi connectivity index (χ0v) is 28.1. The van der Waals surface area contributed by atoms with Crippen molar-refractivity contribution in [1.82, 2.24) is 9.80 Å². The molecule has 0 heterocycles. The van der Waals surface area contributed by atoms with Crippen molar-refractivity contribution in [3.63, 3.8) is 0 Å². The van der Waals surface area contributed by atoms with Crippen LogP contribution in [0.1, 0.15) is 97.5 Å². The lowest BCUT2D eigenvalue weighted by Crippen LogP contribution is -2.44. The van der Waals surface area contributed by atoms with Crippen molar-refractivity contribution in [2.24, 2.45) is 0 Å². The van der Waals surface area contributed by atoms with Gasteiger partial charge in [0.15, 0.2) is 6.61 Å². The van der Waals surface area contributed by atoms with E-state index in [1.54, 1.807) is 23.1 Å². The van der Waals surface area contributed by atoms with Crippen LogP contribution in [-0.2, 0) is 9.53 Å². The SMILES string of the molecule is CCOC(=N)c1ccc(OCCCCCOc2ccc(C(=O)N(C(C)C)C(C)C)c(OCC(=O)N(C(C)C)C(C)C)c2)cc1. The number of carbonyl (C=O) groups excluding carboxylic acids is 2. The van der Waals surface area contributed by atoms with Crippen LogP contribution >= 0.6 is 0 Å². The van der Waals surface area contributed by atoms with Crippen LogP contribution in [0.4, 0.5) is 0 Å². The largest absolute Gasteiger partial charge is 0.494 e. The third kappa shape index (κ3) is 11.1. The van der Waals surface area contributed by atoms with Gasteiger partial charge in [0.2, 0.25) is 5.90 Å². The van der Waals surface area contributed by atoms with Gasteiger partial charge in [-0.25, -0.2) is 0 Å². The highest BCUT2D eigenvalue weighted by Crippen LogP contribution is 2.28. The van der Waals surface area contributed by atoms with Crippen LogP contribution < -0.4 is 14.2 Å². The Kier molecular flexibility index (Phi) is 15.0. The summed E-state index contributed by atoms with van der Waals surface area (Å²) in [6.45, 7) is 19.1. The van der Waals surface area contributed by atoms with Crippen LogP contribution in [0.2, 0.25) is 0 Å². The van der Waals surface area contributed by atoms with Crippen molar-refractivity contribution in [2.75, 3.05) is 26.4 Å². The number of rotatable bonds is 18. The number of hydrogen-bond acceptors (Lipinski definition) is 7. The van der Waals surface area contributed by atoms with Crippen molar-refractivity contribution in [3.8, 4) is 17.2 Å². The monoisotopic (exact) mass is 611 g/mol. The van der Waals surface area contributed by atoms with Gasteiger partial charge in [0, 0.05) is 35.8 Å². The van der Waals surface area contributed by atoms with Gasteiger partial charge >= 0.3 is 0 Å². The van der Waals surface area contributed by atoms with Crippen LogP contribution in [0.25, 0.3) is 0 Å². The topological polar surface area (TPSA) is 101 Å². The Morgan fingerprint density at radius 1 is 0.705 bits per heavy atom. The highest BCUT2D eigenvalue weighted by molar-refractivity contribution is 5.97. The fourth-order valence-corrected chi connectivity index (χ4v) is 5.17. The first-order chi connectivity index (χ1) is 20.9. The van der Waals surface area contributed by atoms with Gasteiger partial charge in [-0.2, -0.15) is 0 Å². The maximum absolute atomic E-state index is 13.6. The second-order valence-corrected chi connectivity index (χ2v) is 11.9. The number of ether oxygens (including phenoxy) is 4. The fourth-order valence-electron chi connectivity index (χ4n) is 5.17. The molecule has 2 amide bonds. The Hall–Kier alpha value is -3.75. The summed E-state index contributed by atoms with van der Waals surface area (Å²) in [6.07, 6.45) is 2.61. The van der Waals surface area contributed by atoms with Gasteiger partial charge in [0.05, 0.1) is 25.4 Å². The molecule has 0 unspecified atom stereocenters. The number of amides is 2. The van der Waals surface area contributed by atoms with Gasteiger partial charge in [-0.05, 0) is 118 Å². The minimum absolute atomic E-state index is 0.00335. The second kappa shape index (κ2) is 18.1. The van der Waals surface area contributed by atoms with E-state index in [2.05, 4.69) is 0 Å². The molecule has 0 spiro atoms. The summed E-state index contributed by atoms with van der Waals surface area (Å²) in [7, 11) is 0. The van der Waals surface area contributed by atoms with Crippen molar-refractivity contribution >= 4 is 17.7 Å². The third-order valence-electron chi connectivity index (χ3n) is 7.01. The number of nitrogens with zero attached hydrogens (tertiary/aromatic N) is 2. The molecule has 0 atom stereocenters. The molecule has 0 saturated heterocycles. The van der Waals surface area contributed by atoms with Gasteiger partial charge in [-0.15, -0.1) is 0 Å². The minimum atomic E-state index is -0.165. The summed E-state index contributed by atoms with van der Waals surface area (Å²) in [4.78, 5) is 30.2. The molecule has 1 N–H and O–H groups in total. The molecule has 2 aromatic rings. The van der Waals surface area contributed by atoms with Gasteiger partial charge in [-0.1, -0.05) is 0 Å². The molecule has 0 aromatic heterocycles. The molecule has 2 aromatic carbocycles. The zero-order chi connectivity index (χ0) is 32.8. The zero-order valence-electron chi connectivity index (χ0n) is 28.1. The van der Waals surface area contributed by atoms with Crippen LogP contribution in [0.15, 0.2) is 42.5 Å². The van der Waals surface area contributed by atoms with Crippen molar-refractivity contribution in [1.29, 1.82) is 5.41 Å². The Morgan fingerprint density at radius 3 is 1.75 bits per heavy atom. The predicted octanol–water partition coefficient (Wildman–Crippen LogP) is 6.96. The quantitative estimate of drug-likeness (QED) is 0.111. The summed E-state index contributed by atoms with van der Waals surface area (Å²) in [5.74, 6) is 1.57. The summed E-state index contributed by atoms with van der Waals surface area (Å²) >= 11 is 0. The van der Waals surface area contributed by atoms with Gasteiger partial charge in [-0.3, -0.25) is 15.0 Å². The van der Waals surface area contributed by atoms with Crippen molar-refractivity contribution in [2.45, 2.75) is 106 Å². The van der Waals surface area contributed by atoms with Gasteiger partial charge in [0.1, 0.15) is 17.2 Å². The number of nitrogens with one attached hydrogen (secondary N) is 1. The van der Waals surface area contributed by atoms with E-state index in [4.69, 9.17) is 24.4 Å². The van der Waals surface area contributed by atoms with Gasteiger partial charge < -0.3 is 28.7 Å². The second-order valence-electron chi connectivity index (χ2n) is 11.9. The first-order valence-electron chi connectivity index (χ1n) is 15.8. The van der Waals surface area contributed by atoms with E-state index in [0.717, 1.165) is 30.6 Å². The van der Waals surface area contributed by atoms with Crippen LogP contribution in [0.5, 0.6) is 17.2 Å². The molecule has 0 aliphatic heterocycles. The van der Waals surface area contributed by atoms with E-state index < -0.39 is 0 Å². The Labute approximate surface area is 264 Å². The Morgan fingerprint density at radius 2 is 1.23 bits per heavy atom. The van der Waals surface area contributed by atoms with Crippen molar-refractivity contribution < 1.29 is 28.5 Å². The van der Waals surface area contributed by atoms with Crippen molar-refractivity contribution in [3.05, 3.63) is 53.6 Å². The highest BCUT2D eigenvalue weighted by atomic mass is 16.5. The molecule has 0 aliphatic rings. The average molecular weight is 612 g/mol. The molecule has 44 heavy (non-hydrogen) atoms. The van der Waals surface area contributed by atoms with E-state index in [0.29, 0.717) is 36.9 Å². The summed E-state index contributed by atoms with van der Waals surface area (Å²) < 4.78 is 23.1. The van der Waals surface area contributed by atoms with E-state index in [-0.39, 0.29) is 48.5 Å². The number of hydrogen-bond donors (Lipinski definition) is 1. The van der Waals surface area contributed by atoms with Crippen LogP contribution in [0.3, 0.4) is 0 Å². The number of unbranched alkanes of at least 4 members (excludes halogenated alkanes) is 2. The predicted molar refractivity (Wildman–Crippen MR) is 175 cm³/mol. The van der Waals surface area contributed by atoms with Crippen LogP contribution in [0, 0.1) is 5.41 Å². The number of benzene rings is 2. The lowest BCUT2D eigenvalue weighted by molar-refractivity contribution is -0.137. The lowest BCUT2D eigenvalue weighted by atomic mass is 10.1. The smallest absolute Gasteiger partial charge is 0.260 e. The van der Waals surface area contributed by atoms with Gasteiger partial charge in [0.25, 0.3) is 11.8 Å². The maximum Gasteiger partial charge on any atom is 0.260 e.